The molecule has 2 aromatic carbocycles. The monoisotopic (exact) mass is 426 g/mol. The van der Waals surface area contributed by atoms with Gasteiger partial charge in [0, 0.05) is 25.0 Å². The summed E-state index contributed by atoms with van der Waals surface area (Å²) in [6.45, 7) is 6.21. The maximum atomic E-state index is 12.8. The van der Waals surface area contributed by atoms with Gasteiger partial charge in [-0.2, -0.15) is 9.40 Å². The second-order valence-corrected chi connectivity index (χ2v) is 8.86. The van der Waals surface area contributed by atoms with Crippen molar-refractivity contribution in [2.24, 2.45) is 0 Å². The predicted octanol–water partition coefficient (Wildman–Crippen LogP) is 3.39. The Kier molecular flexibility index (Phi) is 6.69. The van der Waals surface area contributed by atoms with Crippen LogP contribution in [-0.2, 0) is 21.2 Å². The number of rotatable bonds is 8. The Morgan fingerprint density at radius 1 is 1.10 bits per heavy atom. The fraction of sp³-hybridized carbons (Fsp3) is 0.273. The number of sulfonamides is 1. The number of para-hydroxylation sites is 1. The summed E-state index contributed by atoms with van der Waals surface area (Å²) in [4.78, 5) is 12.7. The minimum atomic E-state index is -3.59. The molecule has 1 heterocycles. The van der Waals surface area contributed by atoms with Gasteiger partial charge in [-0.3, -0.25) is 4.79 Å². The molecule has 1 N–H and O–H groups in total. The summed E-state index contributed by atoms with van der Waals surface area (Å²) in [6, 6.07) is 14.4. The van der Waals surface area contributed by atoms with E-state index < -0.39 is 10.0 Å². The largest absolute Gasteiger partial charge is 0.326 e. The first-order chi connectivity index (χ1) is 14.3. The zero-order chi connectivity index (χ0) is 21.7. The number of hydrogen-bond donors (Lipinski definition) is 1. The fourth-order valence-electron chi connectivity index (χ4n) is 3.16. The normalized spacial score (nSPS) is 11.6. The van der Waals surface area contributed by atoms with Crippen LogP contribution in [0.25, 0.3) is 5.69 Å². The predicted molar refractivity (Wildman–Crippen MR) is 117 cm³/mol. The van der Waals surface area contributed by atoms with Crippen molar-refractivity contribution in [3.05, 3.63) is 72.1 Å². The molecule has 0 spiro atoms. The maximum absolute atomic E-state index is 12.8. The Balaban J connectivity index is 1.75. The number of nitrogens with zero attached hydrogens (tertiary/aromatic N) is 3. The smallest absolute Gasteiger partial charge is 0.243 e. The van der Waals surface area contributed by atoms with E-state index >= 15 is 0 Å². The van der Waals surface area contributed by atoms with E-state index in [1.54, 1.807) is 36.9 Å². The lowest BCUT2D eigenvalue weighted by Gasteiger charge is -2.19. The lowest BCUT2D eigenvalue weighted by atomic mass is 10.2. The lowest BCUT2D eigenvalue weighted by Crippen LogP contribution is -2.30. The molecule has 158 valence electrons. The van der Waals surface area contributed by atoms with Gasteiger partial charge in [-0.05, 0) is 42.3 Å². The van der Waals surface area contributed by atoms with Crippen molar-refractivity contribution >= 4 is 21.6 Å². The summed E-state index contributed by atoms with van der Waals surface area (Å²) in [5, 5.41) is 7.14. The number of carbonyl (C=O) groups excluding carboxylic acids is 1. The summed E-state index contributed by atoms with van der Waals surface area (Å²) in [7, 11) is -3.59. The summed E-state index contributed by atoms with van der Waals surface area (Å²) < 4.78 is 28.7. The fourth-order valence-corrected chi connectivity index (χ4v) is 4.65. The van der Waals surface area contributed by atoms with E-state index in [-0.39, 0.29) is 17.2 Å². The summed E-state index contributed by atoms with van der Waals surface area (Å²) in [5.74, 6) is -0.233. The van der Waals surface area contributed by atoms with Crippen LogP contribution in [0.3, 0.4) is 0 Å². The molecule has 0 bridgehead atoms. The molecular formula is C22H26N4O3S. The van der Waals surface area contributed by atoms with E-state index in [9.17, 15) is 13.2 Å². The first-order valence-corrected chi connectivity index (χ1v) is 11.3. The van der Waals surface area contributed by atoms with Gasteiger partial charge < -0.3 is 5.32 Å². The van der Waals surface area contributed by atoms with Crippen molar-refractivity contribution in [1.82, 2.24) is 14.1 Å². The highest BCUT2D eigenvalue weighted by atomic mass is 32.2. The van der Waals surface area contributed by atoms with E-state index in [0.29, 0.717) is 18.8 Å². The Morgan fingerprint density at radius 3 is 2.47 bits per heavy atom. The van der Waals surface area contributed by atoms with Gasteiger partial charge in [-0.15, -0.1) is 0 Å². The number of aryl methyl sites for hydroxylation is 1. The molecule has 0 saturated heterocycles. The molecule has 1 amide bonds. The molecule has 0 radical (unpaired) electrons. The van der Waals surface area contributed by atoms with Crippen molar-refractivity contribution in [3.8, 4) is 5.69 Å². The van der Waals surface area contributed by atoms with Crippen molar-refractivity contribution < 1.29 is 13.2 Å². The van der Waals surface area contributed by atoms with Crippen LogP contribution < -0.4 is 5.32 Å². The van der Waals surface area contributed by atoms with Gasteiger partial charge in [0.15, 0.2) is 0 Å². The number of aromatic nitrogens is 2. The zero-order valence-electron chi connectivity index (χ0n) is 17.4. The minimum Gasteiger partial charge on any atom is -0.326 e. The van der Waals surface area contributed by atoms with E-state index in [0.717, 1.165) is 16.8 Å². The molecule has 0 aliphatic rings. The molecule has 0 fully saturated rings. The van der Waals surface area contributed by atoms with Crippen molar-refractivity contribution in [2.75, 3.05) is 18.4 Å². The summed E-state index contributed by atoms with van der Waals surface area (Å²) in [5.41, 5.74) is 2.96. The second-order valence-electron chi connectivity index (χ2n) is 6.92. The van der Waals surface area contributed by atoms with Crippen molar-refractivity contribution in [1.29, 1.82) is 0 Å². The van der Waals surface area contributed by atoms with E-state index in [2.05, 4.69) is 10.4 Å². The van der Waals surface area contributed by atoms with Crippen LogP contribution in [0, 0.1) is 6.92 Å². The van der Waals surface area contributed by atoms with Crippen LogP contribution in [0.5, 0.6) is 0 Å². The maximum Gasteiger partial charge on any atom is 0.243 e. The molecule has 0 atom stereocenters. The van der Waals surface area contributed by atoms with Gasteiger partial charge in [0.25, 0.3) is 0 Å². The lowest BCUT2D eigenvalue weighted by molar-refractivity contribution is -0.115. The molecule has 30 heavy (non-hydrogen) atoms. The SMILES string of the molecule is CCN(CC)S(=O)(=O)c1ccc(C)c(NC(=O)Cc2cnn(-c3ccccc3)c2)c1. The first kappa shape index (κ1) is 21.7. The van der Waals surface area contributed by atoms with Crippen LogP contribution in [-0.4, -0.2) is 41.5 Å². The highest BCUT2D eigenvalue weighted by molar-refractivity contribution is 7.89. The molecule has 3 aromatic rings. The number of benzene rings is 2. The number of amides is 1. The Hall–Kier alpha value is -2.97. The first-order valence-electron chi connectivity index (χ1n) is 9.84. The molecule has 1 aromatic heterocycles. The van der Waals surface area contributed by atoms with Crippen LogP contribution in [0.2, 0.25) is 0 Å². The van der Waals surface area contributed by atoms with Gasteiger partial charge in [-0.25, -0.2) is 13.1 Å². The van der Waals surface area contributed by atoms with E-state index in [1.807, 2.05) is 43.5 Å². The number of hydrogen-bond acceptors (Lipinski definition) is 4. The topological polar surface area (TPSA) is 84.3 Å². The third kappa shape index (κ3) is 4.77. The second kappa shape index (κ2) is 9.23. The van der Waals surface area contributed by atoms with Crippen LogP contribution >= 0.6 is 0 Å². The molecular weight excluding hydrogens is 400 g/mol. The molecule has 8 heteroatoms. The molecule has 0 aliphatic carbocycles. The molecule has 0 unspecified atom stereocenters. The van der Waals surface area contributed by atoms with Gasteiger partial charge >= 0.3 is 0 Å². The standard InChI is InChI=1S/C22H26N4O3S/c1-4-25(5-2)30(28,29)20-12-11-17(3)21(14-20)24-22(27)13-18-15-23-26(16-18)19-9-7-6-8-10-19/h6-12,14-16H,4-5,13H2,1-3H3,(H,24,27). The molecule has 3 rings (SSSR count). The average molecular weight is 427 g/mol. The molecule has 0 saturated carbocycles. The number of carbonyl (C=O) groups is 1. The number of anilines is 1. The van der Waals surface area contributed by atoms with Gasteiger partial charge in [-0.1, -0.05) is 38.1 Å². The summed E-state index contributed by atoms with van der Waals surface area (Å²) in [6.07, 6.45) is 3.60. The summed E-state index contributed by atoms with van der Waals surface area (Å²) >= 11 is 0. The van der Waals surface area contributed by atoms with Crippen LogP contribution in [0.4, 0.5) is 5.69 Å². The van der Waals surface area contributed by atoms with Crippen molar-refractivity contribution in [2.45, 2.75) is 32.1 Å². The highest BCUT2D eigenvalue weighted by Crippen LogP contribution is 2.23. The average Bonchev–Trinajstić information content (AvgIpc) is 3.19. The van der Waals surface area contributed by atoms with Crippen LogP contribution in [0.15, 0.2) is 65.8 Å². The Bertz CT molecular complexity index is 1120. The van der Waals surface area contributed by atoms with Gasteiger partial charge in [0.1, 0.15) is 0 Å². The quantitative estimate of drug-likeness (QED) is 0.598. The number of nitrogens with one attached hydrogen (secondary N) is 1. The van der Waals surface area contributed by atoms with Gasteiger partial charge in [0.2, 0.25) is 15.9 Å². The Morgan fingerprint density at radius 2 is 1.80 bits per heavy atom. The molecule has 7 nitrogen and oxygen atoms in total. The minimum absolute atomic E-state index is 0.138. The highest BCUT2D eigenvalue weighted by Gasteiger charge is 2.22. The Labute approximate surface area is 177 Å². The third-order valence-electron chi connectivity index (χ3n) is 4.85. The van der Waals surface area contributed by atoms with E-state index in [4.69, 9.17) is 0 Å². The third-order valence-corrected chi connectivity index (χ3v) is 6.89. The zero-order valence-corrected chi connectivity index (χ0v) is 18.2. The van der Waals surface area contributed by atoms with Crippen molar-refractivity contribution in [3.63, 3.8) is 0 Å². The van der Waals surface area contributed by atoms with E-state index in [1.165, 1.54) is 10.4 Å². The van der Waals surface area contributed by atoms with Gasteiger partial charge in [0.05, 0.1) is 23.2 Å². The molecule has 0 aliphatic heterocycles. The van der Waals surface area contributed by atoms with Crippen LogP contribution in [0.1, 0.15) is 25.0 Å².